The molecule has 0 aromatic heterocycles. The molecule has 0 heterocycles. The van der Waals surface area contributed by atoms with E-state index in [0.717, 1.165) is 25.2 Å². The Morgan fingerprint density at radius 2 is 1.67 bits per heavy atom. The predicted octanol–water partition coefficient (Wildman–Crippen LogP) is 3.80. The Kier molecular flexibility index (Phi) is 7.44. The van der Waals surface area contributed by atoms with Crippen LogP contribution in [-0.2, 0) is 11.2 Å². The average molecular weight is 290 g/mol. The van der Waals surface area contributed by atoms with Crippen LogP contribution in [-0.4, -0.2) is 30.4 Å². The first-order valence-corrected chi connectivity index (χ1v) is 8.02. The number of nitrogens with one attached hydrogen (secondary N) is 1. The van der Waals surface area contributed by atoms with Gasteiger partial charge in [-0.1, -0.05) is 52.8 Å². The molecule has 0 bridgehead atoms. The summed E-state index contributed by atoms with van der Waals surface area (Å²) in [6.07, 6.45) is 0.929. The lowest BCUT2D eigenvalue weighted by molar-refractivity contribution is -0.117. The van der Waals surface area contributed by atoms with Crippen molar-refractivity contribution in [1.82, 2.24) is 4.90 Å². The van der Waals surface area contributed by atoms with Gasteiger partial charge in [-0.25, -0.2) is 0 Å². The van der Waals surface area contributed by atoms with Crippen LogP contribution < -0.4 is 5.32 Å². The van der Waals surface area contributed by atoms with E-state index in [-0.39, 0.29) is 5.91 Å². The fraction of sp³-hybridized carbons (Fsp3) is 0.611. The number of hydrogen-bond acceptors (Lipinski definition) is 2. The van der Waals surface area contributed by atoms with Gasteiger partial charge in [-0.2, -0.15) is 0 Å². The molecule has 0 aliphatic heterocycles. The lowest BCUT2D eigenvalue weighted by Gasteiger charge is -2.25. The molecule has 0 saturated carbocycles. The van der Waals surface area contributed by atoms with Gasteiger partial charge in [0.2, 0.25) is 5.91 Å². The van der Waals surface area contributed by atoms with Crippen molar-refractivity contribution in [2.75, 3.05) is 25.0 Å². The largest absolute Gasteiger partial charge is 0.325 e. The van der Waals surface area contributed by atoms with Crippen molar-refractivity contribution in [3.63, 3.8) is 0 Å². The van der Waals surface area contributed by atoms with E-state index >= 15 is 0 Å². The topological polar surface area (TPSA) is 32.3 Å². The lowest BCUT2D eigenvalue weighted by atomic mass is 10.1. The molecule has 1 aromatic rings. The van der Waals surface area contributed by atoms with Gasteiger partial charge in [-0.15, -0.1) is 0 Å². The summed E-state index contributed by atoms with van der Waals surface area (Å²) >= 11 is 0. The Bertz CT molecular complexity index is 431. The Labute approximate surface area is 129 Å². The number of nitrogens with zero attached hydrogens (tertiary/aromatic N) is 1. The smallest absolute Gasteiger partial charge is 0.238 e. The van der Waals surface area contributed by atoms with Gasteiger partial charge in [0.05, 0.1) is 6.54 Å². The molecule has 0 radical (unpaired) electrons. The maximum atomic E-state index is 12.3. The number of carbonyl (C=O) groups excluding carboxylic acids is 1. The summed E-state index contributed by atoms with van der Waals surface area (Å²) < 4.78 is 0. The number of para-hydroxylation sites is 1. The molecule has 0 spiro atoms. The average Bonchev–Trinajstić information content (AvgIpc) is 2.37. The minimum absolute atomic E-state index is 0.0807. The summed E-state index contributed by atoms with van der Waals surface area (Å²) in [5.74, 6) is 1.22. The summed E-state index contributed by atoms with van der Waals surface area (Å²) in [6.45, 7) is 13.3. The van der Waals surface area contributed by atoms with Crippen molar-refractivity contribution in [3.8, 4) is 0 Å². The third-order valence-corrected chi connectivity index (χ3v) is 3.29. The Morgan fingerprint density at radius 1 is 1.10 bits per heavy atom. The highest BCUT2D eigenvalue weighted by Crippen LogP contribution is 2.15. The molecule has 3 heteroatoms. The third kappa shape index (κ3) is 6.76. The highest BCUT2D eigenvalue weighted by Gasteiger charge is 2.14. The normalized spacial score (nSPS) is 11.4. The zero-order valence-corrected chi connectivity index (χ0v) is 14.1. The number of hydrogen-bond donors (Lipinski definition) is 1. The summed E-state index contributed by atoms with van der Waals surface area (Å²) in [4.78, 5) is 14.6. The predicted molar refractivity (Wildman–Crippen MR) is 90.6 cm³/mol. The van der Waals surface area contributed by atoms with E-state index in [1.807, 2.05) is 18.2 Å². The Morgan fingerprint density at radius 3 is 2.19 bits per heavy atom. The monoisotopic (exact) mass is 290 g/mol. The molecule has 1 aromatic carbocycles. The van der Waals surface area contributed by atoms with Crippen LogP contribution in [0.25, 0.3) is 0 Å². The van der Waals surface area contributed by atoms with Gasteiger partial charge in [0.1, 0.15) is 0 Å². The van der Waals surface area contributed by atoms with Crippen LogP contribution in [0.5, 0.6) is 0 Å². The maximum absolute atomic E-state index is 12.3. The molecule has 0 aliphatic carbocycles. The van der Waals surface area contributed by atoms with Crippen molar-refractivity contribution < 1.29 is 4.79 Å². The van der Waals surface area contributed by atoms with Crippen LogP contribution in [0.4, 0.5) is 5.69 Å². The van der Waals surface area contributed by atoms with Crippen LogP contribution in [0, 0.1) is 11.8 Å². The maximum Gasteiger partial charge on any atom is 0.238 e. The summed E-state index contributed by atoms with van der Waals surface area (Å²) in [5, 5.41) is 3.06. The van der Waals surface area contributed by atoms with Gasteiger partial charge in [0.15, 0.2) is 0 Å². The highest BCUT2D eigenvalue weighted by atomic mass is 16.2. The summed E-state index contributed by atoms with van der Waals surface area (Å²) in [5.41, 5.74) is 2.13. The number of rotatable bonds is 8. The van der Waals surface area contributed by atoms with E-state index in [1.54, 1.807) is 0 Å². The summed E-state index contributed by atoms with van der Waals surface area (Å²) in [7, 11) is 0. The van der Waals surface area contributed by atoms with E-state index < -0.39 is 0 Å². The molecular weight excluding hydrogens is 260 g/mol. The SMILES string of the molecule is CCc1ccccc1NC(=O)CN(CC(C)C)CC(C)C. The van der Waals surface area contributed by atoms with E-state index in [0.29, 0.717) is 18.4 Å². The van der Waals surface area contributed by atoms with Crippen LogP contribution in [0.1, 0.15) is 40.2 Å². The molecule has 0 unspecified atom stereocenters. The van der Waals surface area contributed by atoms with Gasteiger partial charge in [-0.3, -0.25) is 9.69 Å². The van der Waals surface area contributed by atoms with Crippen LogP contribution in [0.2, 0.25) is 0 Å². The molecule has 3 nitrogen and oxygen atoms in total. The lowest BCUT2D eigenvalue weighted by Crippen LogP contribution is -2.38. The molecule has 118 valence electrons. The fourth-order valence-corrected chi connectivity index (χ4v) is 2.58. The van der Waals surface area contributed by atoms with Gasteiger partial charge in [0, 0.05) is 18.8 Å². The molecular formula is C18H30N2O. The number of anilines is 1. The molecule has 1 N–H and O–H groups in total. The molecule has 0 aliphatic rings. The van der Waals surface area contributed by atoms with E-state index in [1.165, 1.54) is 5.56 Å². The minimum Gasteiger partial charge on any atom is -0.325 e. The molecule has 1 amide bonds. The van der Waals surface area contributed by atoms with Crippen LogP contribution >= 0.6 is 0 Å². The standard InChI is InChI=1S/C18H30N2O/c1-6-16-9-7-8-10-17(16)19-18(21)13-20(11-14(2)3)12-15(4)5/h7-10,14-15H,6,11-13H2,1-5H3,(H,19,21). The third-order valence-electron chi connectivity index (χ3n) is 3.29. The van der Waals surface area contributed by atoms with Crippen molar-refractivity contribution in [2.24, 2.45) is 11.8 Å². The quantitative estimate of drug-likeness (QED) is 0.790. The summed E-state index contributed by atoms with van der Waals surface area (Å²) in [6, 6.07) is 8.02. The van der Waals surface area contributed by atoms with E-state index in [2.05, 4.69) is 50.9 Å². The number of amides is 1. The number of carbonyl (C=O) groups is 1. The van der Waals surface area contributed by atoms with E-state index in [9.17, 15) is 4.79 Å². The van der Waals surface area contributed by atoms with Gasteiger partial charge >= 0.3 is 0 Å². The highest BCUT2D eigenvalue weighted by molar-refractivity contribution is 5.93. The second-order valence-electron chi connectivity index (χ2n) is 6.54. The number of benzene rings is 1. The molecule has 0 atom stereocenters. The first-order chi connectivity index (χ1) is 9.92. The first-order valence-electron chi connectivity index (χ1n) is 8.02. The van der Waals surface area contributed by atoms with Crippen molar-refractivity contribution >= 4 is 11.6 Å². The second kappa shape index (κ2) is 8.83. The van der Waals surface area contributed by atoms with Gasteiger partial charge < -0.3 is 5.32 Å². The number of aryl methyl sites for hydroxylation is 1. The van der Waals surface area contributed by atoms with E-state index in [4.69, 9.17) is 0 Å². The van der Waals surface area contributed by atoms with Crippen LogP contribution in [0.3, 0.4) is 0 Å². The van der Waals surface area contributed by atoms with Gasteiger partial charge in [-0.05, 0) is 29.9 Å². The van der Waals surface area contributed by atoms with Crippen molar-refractivity contribution in [1.29, 1.82) is 0 Å². The Balaban J connectivity index is 2.64. The zero-order valence-electron chi connectivity index (χ0n) is 14.1. The molecule has 1 rings (SSSR count). The second-order valence-corrected chi connectivity index (χ2v) is 6.54. The Hall–Kier alpha value is -1.35. The molecule has 21 heavy (non-hydrogen) atoms. The molecule has 0 saturated heterocycles. The molecule has 0 fully saturated rings. The van der Waals surface area contributed by atoms with Crippen LogP contribution in [0.15, 0.2) is 24.3 Å². The van der Waals surface area contributed by atoms with Crippen molar-refractivity contribution in [2.45, 2.75) is 41.0 Å². The minimum atomic E-state index is 0.0807. The first kappa shape index (κ1) is 17.7. The van der Waals surface area contributed by atoms with Gasteiger partial charge in [0.25, 0.3) is 0 Å². The zero-order chi connectivity index (χ0) is 15.8. The van der Waals surface area contributed by atoms with Crippen molar-refractivity contribution in [3.05, 3.63) is 29.8 Å². The fourth-order valence-electron chi connectivity index (χ4n) is 2.58.